The second-order valence-electron chi connectivity index (χ2n) is 4.85. The zero-order chi connectivity index (χ0) is 13.2. The molecule has 2 heteroatoms. The third-order valence-corrected chi connectivity index (χ3v) is 3.88. The van der Waals surface area contributed by atoms with Gasteiger partial charge in [-0.1, -0.05) is 54.1 Å². The quantitative estimate of drug-likeness (QED) is 0.863. The molecule has 2 aromatic rings. The van der Waals surface area contributed by atoms with E-state index in [2.05, 4.69) is 53.9 Å². The Hall–Kier alpha value is -1.57. The van der Waals surface area contributed by atoms with Gasteiger partial charge < -0.3 is 5.32 Å². The number of nitrogens with one attached hydrogen (secondary N) is 1. The third-order valence-electron chi connectivity index (χ3n) is 3.65. The molecule has 1 atom stereocenters. The van der Waals surface area contributed by atoms with E-state index in [1.165, 1.54) is 22.3 Å². The van der Waals surface area contributed by atoms with E-state index in [4.69, 9.17) is 11.6 Å². The molecule has 19 heavy (non-hydrogen) atoms. The molecule has 0 spiro atoms. The van der Waals surface area contributed by atoms with Gasteiger partial charge in [0.2, 0.25) is 0 Å². The summed E-state index contributed by atoms with van der Waals surface area (Å²) in [4.78, 5) is 0. The fourth-order valence-corrected chi connectivity index (χ4v) is 2.93. The van der Waals surface area contributed by atoms with Crippen LogP contribution in [0.4, 0.5) is 0 Å². The minimum atomic E-state index is 0.338. The van der Waals surface area contributed by atoms with Gasteiger partial charge in [-0.25, -0.2) is 0 Å². The highest BCUT2D eigenvalue weighted by atomic mass is 35.5. The summed E-state index contributed by atoms with van der Waals surface area (Å²) in [6.45, 7) is 0.909. The Morgan fingerprint density at radius 3 is 2.53 bits per heavy atom. The Bertz CT molecular complexity index is 631. The van der Waals surface area contributed by atoms with Crippen LogP contribution in [-0.4, -0.2) is 13.6 Å². The molecule has 96 valence electrons. The fraction of sp³-hybridized carbons (Fsp3) is 0.176. The van der Waals surface area contributed by atoms with Gasteiger partial charge in [-0.3, -0.25) is 0 Å². The zero-order valence-electron chi connectivity index (χ0n) is 10.9. The maximum atomic E-state index is 6.18. The summed E-state index contributed by atoms with van der Waals surface area (Å²) in [6, 6.07) is 14.7. The van der Waals surface area contributed by atoms with Crippen molar-refractivity contribution in [1.82, 2.24) is 5.32 Å². The summed E-state index contributed by atoms with van der Waals surface area (Å²) < 4.78 is 0. The number of halogens is 1. The zero-order valence-corrected chi connectivity index (χ0v) is 11.6. The van der Waals surface area contributed by atoms with Crippen molar-refractivity contribution < 1.29 is 0 Å². The van der Waals surface area contributed by atoms with E-state index < -0.39 is 0 Å². The maximum Gasteiger partial charge on any atom is 0.0409 e. The molecule has 1 unspecified atom stereocenters. The molecule has 0 saturated carbocycles. The number of hydrogen-bond acceptors (Lipinski definition) is 1. The number of likely N-dealkylation sites (N-methyl/N-ethyl adjacent to an activating group) is 1. The molecular formula is C17H16ClN. The first-order chi connectivity index (χ1) is 9.29. The van der Waals surface area contributed by atoms with Gasteiger partial charge in [0.05, 0.1) is 0 Å². The molecule has 0 bridgehead atoms. The summed E-state index contributed by atoms with van der Waals surface area (Å²) in [5.74, 6) is 0.338. The van der Waals surface area contributed by atoms with Crippen molar-refractivity contribution in [2.75, 3.05) is 13.6 Å². The van der Waals surface area contributed by atoms with Crippen molar-refractivity contribution in [3.63, 3.8) is 0 Å². The van der Waals surface area contributed by atoms with E-state index in [9.17, 15) is 0 Å². The van der Waals surface area contributed by atoms with Crippen molar-refractivity contribution >= 4 is 23.8 Å². The standard InChI is InChI=1S/C17H16ClN/c1-19-11-17-15-5-3-2-4-12(15)6-7-13-8-9-14(18)10-16(13)17/h2-10,17,19H,11H2,1H3. The lowest BCUT2D eigenvalue weighted by Gasteiger charge is -2.20. The lowest BCUT2D eigenvalue weighted by atomic mass is 9.87. The van der Waals surface area contributed by atoms with E-state index in [-0.39, 0.29) is 0 Å². The predicted molar refractivity (Wildman–Crippen MR) is 82.6 cm³/mol. The van der Waals surface area contributed by atoms with E-state index in [0.717, 1.165) is 11.6 Å². The largest absolute Gasteiger partial charge is 0.319 e. The molecule has 0 fully saturated rings. The van der Waals surface area contributed by atoms with E-state index >= 15 is 0 Å². The molecule has 1 N–H and O–H groups in total. The average Bonchev–Trinajstić information content (AvgIpc) is 2.58. The van der Waals surface area contributed by atoms with Gasteiger partial charge in [-0.05, 0) is 41.4 Å². The molecule has 0 aliphatic heterocycles. The maximum absolute atomic E-state index is 6.18. The van der Waals surface area contributed by atoms with Gasteiger partial charge >= 0.3 is 0 Å². The van der Waals surface area contributed by atoms with Crippen LogP contribution in [0.1, 0.15) is 28.2 Å². The van der Waals surface area contributed by atoms with E-state index in [0.29, 0.717) is 5.92 Å². The normalized spacial score (nSPS) is 16.6. The Kier molecular flexibility index (Phi) is 3.41. The summed E-state index contributed by atoms with van der Waals surface area (Å²) in [5, 5.41) is 4.09. The van der Waals surface area contributed by atoms with Crippen LogP contribution >= 0.6 is 11.6 Å². The van der Waals surface area contributed by atoms with E-state index in [1.54, 1.807) is 0 Å². The lowest BCUT2D eigenvalue weighted by molar-refractivity contribution is 0.707. The van der Waals surface area contributed by atoms with Gasteiger partial charge in [0, 0.05) is 17.5 Å². The minimum absolute atomic E-state index is 0.338. The average molecular weight is 270 g/mol. The smallest absolute Gasteiger partial charge is 0.0409 e. The Labute approximate surface area is 118 Å². The van der Waals surface area contributed by atoms with Gasteiger partial charge in [0.15, 0.2) is 0 Å². The second kappa shape index (κ2) is 5.20. The Balaban J connectivity index is 2.22. The second-order valence-corrected chi connectivity index (χ2v) is 5.28. The monoisotopic (exact) mass is 269 g/mol. The third kappa shape index (κ3) is 2.32. The number of hydrogen-bond donors (Lipinski definition) is 1. The van der Waals surface area contributed by atoms with Crippen molar-refractivity contribution in [2.45, 2.75) is 5.92 Å². The van der Waals surface area contributed by atoms with Gasteiger partial charge in [-0.2, -0.15) is 0 Å². The van der Waals surface area contributed by atoms with Gasteiger partial charge in [-0.15, -0.1) is 0 Å². The molecule has 0 radical (unpaired) electrons. The topological polar surface area (TPSA) is 12.0 Å². The highest BCUT2D eigenvalue weighted by Crippen LogP contribution is 2.35. The lowest BCUT2D eigenvalue weighted by Crippen LogP contribution is -2.19. The number of rotatable bonds is 2. The van der Waals surface area contributed by atoms with Gasteiger partial charge in [0.1, 0.15) is 0 Å². The molecule has 0 amide bonds. The molecule has 1 aliphatic carbocycles. The SMILES string of the molecule is CNCC1c2ccccc2C=Cc2ccc(Cl)cc21. The molecule has 0 aromatic heterocycles. The summed E-state index contributed by atoms with van der Waals surface area (Å²) in [6.07, 6.45) is 4.37. The molecular weight excluding hydrogens is 254 g/mol. The molecule has 0 saturated heterocycles. The van der Waals surface area contributed by atoms with Crippen LogP contribution in [0, 0.1) is 0 Å². The van der Waals surface area contributed by atoms with Crippen LogP contribution in [0.3, 0.4) is 0 Å². The van der Waals surface area contributed by atoms with Crippen LogP contribution in [0.25, 0.3) is 12.2 Å². The van der Waals surface area contributed by atoms with Crippen LogP contribution in [0.15, 0.2) is 42.5 Å². The molecule has 3 rings (SSSR count). The first kappa shape index (κ1) is 12.5. The fourth-order valence-electron chi connectivity index (χ4n) is 2.75. The minimum Gasteiger partial charge on any atom is -0.319 e. The Morgan fingerprint density at radius 1 is 1.00 bits per heavy atom. The van der Waals surface area contributed by atoms with Crippen LogP contribution in [-0.2, 0) is 0 Å². The summed E-state index contributed by atoms with van der Waals surface area (Å²) in [5.41, 5.74) is 5.19. The van der Waals surface area contributed by atoms with Crippen molar-refractivity contribution in [2.24, 2.45) is 0 Å². The number of benzene rings is 2. The van der Waals surface area contributed by atoms with Crippen LogP contribution < -0.4 is 5.32 Å². The summed E-state index contributed by atoms with van der Waals surface area (Å²) in [7, 11) is 1.99. The van der Waals surface area contributed by atoms with Crippen LogP contribution in [0.2, 0.25) is 5.02 Å². The van der Waals surface area contributed by atoms with E-state index in [1.807, 2.05) is 13.1 Å². The molecule has 0 heterocycles. The highest BCUT2D eigenvalue weighted by Gasteiger charge is 2.20. The van der Waals surface area contributed by atoms with Crippen LogP contribution in [0.5, 0.6) is 0 Å². The first-order valence-corrected chi connectivity index (χ1v) is 6.88. The summed E-state index contributed by atoms with van der Waals surface area (Å²) >= 11 is 6.18. The number of fused-ring (bicyclic) bond motifs is 2. The molecule has 1 aliphatic rings. The van der Waals surface area contributed by atoms with Crippen molar-refractivity contribution in [3.05, 3.63) is 69.7 Å². The van der Waals surface area contributed by atoms with Gasteiger partial charge in [0.25, 0.3) is 0 Å². The van der Waals surface area contributed by atoms with Crippen molar-refractivity contribution in [1.29, 1.82) is 0 Å². The Morgan fingerprint density at radius 2 is 1.74 bits per heavy atom. The molecule has 2 aromatic carbocycles. The molecule has 1 nitrogen and oxygen atoms in total. The predicted octanol–water partition coefficient (Wildman–Crippen LogP) is 4.18. The highest BCUT2D eigenvalue weighted by molar-refractivity contribution is 6.30. The van der Waals surface area contributed by atoms with Crippen molar-refractivity contribution in [3.8, 4) is 0 Å². The first-order valence-electron chi connectivity index (χ1n) is 6.50.